The molecule has 0 saturated heterocycles. The van der Waals surface area contributed by atoms with E-state index in [0.29, 0.717) is 32.4 Å². The molecular formula is C24H18BrNO4. The van der Waals surface area contributed by atoms with Crippen molar-refractivity contribution in [3.8, 4) is 11.5 Å². The van der Waals surface area contributed by atoms with Gasteiger partial charge in [-0.15, -0.1) is 0 Å². The van der Waals surface area contributed by atoms with Crippen molar-refractivity contribution in [2.24, 2.45) is 0 Å². The molecular weight excluding hydrogens is 446 g/mol. The second kappa shape index (κ2) is 7.80. The molecule has 1 N–H and O–H groups in total. The van der Waals surface area contributed by atoms with E-state index in [0.717, 1.165) is 5.56 Å². The van der Waals surface area contributed by atoms with Crippen molar-refractivity contribution in [2.75, 3.05) is 12.0 Å². The number of phenols is 1. The normalized spacial score (nSPS) is 14.8. The van der Waals surface area contributed by atoms with Crippen molar-refractivity contribution in [3.63, 3.8) is 0 Å². The highest BCUT2D eigenvalue weighted by molar-refractivity contribution is 9.10. The predicted octanol–water partition coefficient (Wildman–Crippen LogP) is 5.20. The third-order valence-electron chi connectivity index (χ3n) is 4.96. The molecule has 150 valence electrons. The predicted molar refractivity (Wildman–Crippen MR) is 120 cm³/mol. The van der Waals surface area contributed by atoms with Crippen LogP contribution in [0.2, 0.25) is 0 Å². The van der Waals surface area contributed by atoms with Gasteiger partial charge in [0.15, 0.2) is 11.5 Å². The second-order valence-corrected chi connectivity index (χ2v) is 7.79. The van der Waals surface area contributed by atoms with Crippen LogP contribution in [0.1, 0.15) is 27.0 Å². The molecule has 2 amide bonds. The first kappa shape index (κ1) is 19.9. The minimum atomic E-state index is -0.411. The molecule has 1 aliphatic rings. The molecule has 0 fully saturated rings. The Morgan fingerprint density at radius 2 is 1.63 bits per heavy atom. The maximum atomic E-state index is 13.4. The Kier molecular flexibility index (Phi) is 5.18. The Balaban J connectivity index is 1.90. The van der Waals surface area contributed by atoms with E-state index in [4.69, 9.17) is 4.74 Å². The van der Waals surface area contributed by atoms with Crippen molar-refractivity contribution in [3.05, 3.63) is 87.4 Å². The first-order valence-corrected chi connectivity index (χ1v) is 10.0. The number of rotatable bonds is 3. The van der Waals surface area contributed by atoms with Gasteiger partial charge in [-0.05, 0) is 70.4 Å². The van der Waals surface area contributed by atoms with Crippen LogP contribution >= 0.6 is 15.9 Å². The summed E-state index contributed by atoms with van der Waals surface area (Å²) in [5.41, 5.74) is 3.60. The number of methoxy groups -OCH3 is 1. The molecule has 0 bridgehead atoms. The molecule has 0 spiro atoms. The molecule has 0 aliphatic carbocycles. The number of aryl methyl sites for hydroxylation is 1. The van der Waals surface area contributed by atoms with Gasteiger partial charge >= 0.3 is 0 Å². The Morgan fingerprint density at radius 3 is 2.30 bits per heavy atom. The summed E-state index contributed by atoms with van der Waals surface area (Å²) < 4.78 is 5.65. The van der Waals surface area contributed by atoms with Crippen LogP contribution in [0.25, 0.3) is 11.6 Å². The second-order valence-electron chi connectivity index (χ2n) is 6.94. The van der Waals surface area contributed by atoms with Gasteiger partial charge in [0, 0.05) is 11.1 Å². The molecule has 6 heteroatoms. The smallest absolute Gasteiger partial charge is 0.265 e. The van der Waals surface area contributed by atoms with Gasteiger partial charge in [0.25, 0.3) is 11.8 Å². The summed E-state index contributed by atoms with van der Waals surface area (Å²) in [4.78, 5) is 27.8. The van der Waals surface area contributed by atoms with Crippen molar-refractivity contribution in [1.82, 2.24) is 0 Å². The highest BCUT2D eigenvalue weighted by atomic mass is 79.9. The van der Waals surface area contributed by atoms with Crippen molar-refractivity contribution < 1.29 is 19.4 Å². The number of benzene rings is 3. The number of carbonyl (C=O) groups excluding carboxylic acids is 2. The average Bonchev–Trinajstić information content (AvgIpc) is 2.75. The number of amides is 2. The van der Waals surface area contributed by atoms with Crippen molar-refractivity contribution in [1.29, 1.82) is 0 Å². The Morgan fingerprint density at radius 1 is 0.967 bits per heavy atom. The first-order chi connectivity index (χ1) is 14.4. The van der Waals surface area contributed by atoms with Crippen LogP contribution in [0.3, 0.4) is 0 Å². The third-order valence-corrected chi connectivity index (χ3v) is 5.56. The summed E-state index contributed by atoms with van der Waals surface area (Å²) >= 11 is 3.31. The molecule has 1 aliphatic heterocycles. The number of imide groups is 1. The van der Waals surface area contributed by atoms with E-state index in [-0.39, 0.29) is 17.4 Å². The van der Waals surface area contributed by atoms with E-state index < -0.39 is 5.91 Å². The molecule has 3 aromatic rings. The van der Waals surface area contributed by atoms with E-state index in [9.17, 15) is 14.7 Å². The van der Waals surface area contributed by atoms with Crippen LogP contribution in [0.5, 0.6) is 11.5 Å². The summed E-state index contributed by atoms with van der Waals surface area (Å²) in [6.45, 7) is 1.94. The summed E-state index contributed by atoms with van der Waals surface area (Å²) in [5.74, 6) is -0.516. The fourth-order valence-electron chi connectivity index (χ4n) is 3.42. The summed E-state index contributed by atoms with van der Waals surface area (Å²) in [6, 6.07) is 17.6. The molecule has 30 heavy (non-hydrogen) atoms. The fraction of sp³-hybridized carbons (Fsp3) is 0.0833. The number of ether oxygens (including phenoxy) is 1. The minimum Gasteiger partial charge on any atom is -0.503 e. The molecule has 0 radical (unpaired) electrons. The number of nitrogens with zero attached hydrogens (tertiary/aromatic N) is 1. The Bertz CT molecular complexity index is 1200. The molecule has 4 rings (SSSR count). The van der Waals surface area contributed by atoms with E-state index in [1.807, 2.05) is 19.1 Å². The zero-order valence-electron chi connectivity index (χ0n) is 16.3. The van der Waals surface area contributed by atoms with Crippen LogP contribution in [0.15, 0.2) is 65.1 Å². The maximum Gasteiger partial charge on any atom is 0.265 e. The highest BCUT2D eigenvalue weighted by Gasteiger charge is 2.35. The quantitative estimate of drug-likeness (QED) is 0.428. The number of aromatic hydroxyl groups is 1. The standard InChI is InChI=1S/C24H18BrNO4/c1-14-7-9-16(10-8-14)26-23(28)18-6-4-3-5-17(18)19(24(26)29)11-15-12-20(25)22(27)21(13-15)30-2/h3-13,27H,1-2H3/b19-11+. The lowest BCUT2D eigenvalue weighted by molar-refractivity contribution is -0.112. The lowest BCUT2D eigenvalue weighted by Gasteiger charge is -2.28. The lowest BCUT2D eigenvalue weighted by atomic mass is 9.91. The Hall–Kier alpha value is -3.38. The average molecular weight is 464 g/mol. The monoisotopic (exact) mass is 463 g/mol. The Labute approximate surface area is 182 Å². The van der Waals surface area contributed by atoms with Crippen molar-refractivity contribution in [2.45, 2.75) is 6.92 Å². The number of fused-ring (bicyclic) bond motifs is 1. The zero-order chi connectivity index (χ0) is 21.4. The summed E-state index contributed by atoms with van der Waals surface area (Å²) in [7, 11) is 1.46. The van der Waals surface area contributed by atoms with Crippen molar-refractivity contribution >= 4 is 45.1 Å². The van der Waals surface area contributed by atoms with Gasteiger partial charge in [-0.25, -0.2) is 4.90 Å². The molecule has 0 saturated carbocycles. The lowest BCUT2D eigenvalue weighted by Crippen LogP contribution is -2.41. The number of hydrogen-bond donors (Lipinski definition) is 1. The third kappa shape index (κ3) is 3.39. The number of halogens is 1. The van der Waals surface area contributed by atoms with Gasteiger partial charge in [0.2, 0.25) is 0 Å². The van der Waals surface area contributed by atoms with Crippen LogP contribution in [0, 0.1) is 6.92 Å². The van der Waals surface area contributed by atoms with Gasteiger partial charge in [-0.2, -0.15) is 0 Å². The molecule has 0 aromatic heterocycles. The van der Waals surface area contributed by atoms with Crippen LogP contribution in [-0.2, 0) is 4.79 Å². The van der Waals surface area contributed by atoms with Crippen LogP contribution < -0.4 is 9.64 Å². The molecule has 5 nitrogen and oxygen atoms in total. The van der Waals surface area contributed by atoms with Gasteiger partial charge in [-0.1, -0.05) is 35.9 Å². The fourth-order valence-corrected chi connectivity index (χ4v) is 3.88. The van der Waals surface area contributed by atoms with Gasteiger partial charge in [0.05, 0.1) is 17.3 Å². The number of carbonyl (C=O) groups is 2. The van der Waals surface area contributed by atoms with E-state index in [1.54, 1.807) is 54.6 Å². The van der Waals surface area contributed by atoms with E-state index >= 15 is 0 Å². The highest BCUT2D eigenvalue weighted by Crippen LogP contribution is 2.38. The number of phenolic OH excluding ortho intramolecular Hbond substituents is 1. The van der Waals surface area contributed by atoms with Crippen LogP contribution in [0.4, 0.5) is 5.69 Å². The van der Waals surface area contributed by atoms with Gasteiger partial charge < -0.3 is 9.84 Å². The summed E-state index contributed by atoms with van der Waals surface area (Å²) in [6.07, 6.45) is 1.70. The molecule has 0 unspecified atom stereocenters. The zero-order valence-corrected chi connectivity index (χ0v) is 17.9. The molecule has 3 aromatic carbocycles. The topological polar surface area (TPSA) is 66.8 Å². The maximum absolute atomic E-state index is 13.4. The molecule has 0 atom stereocenters. The van der Waals surface area contributed by atoms with E-state index in [1.165, 1.54) is 12.0 Å². The minimum absolute atomic E-state index is 0.0218. The van der Waals surface area contributed by atoms with Gasteiger partial charge in [0.1, 0.15) is 0 Å². The SMILES string of the molecule is COc1cc(/C=C2/C(=O)N(c3ccc(C)cc3)C(=O)c3ccccc32)cc(Br)c1O. The number of hydrogen-bond acceptors (Lipinski definition) is 4. The summed E-state index contributed by atoms with van der Waals surface area (Å²) in [5, 5.41) is 10.1. The first-order valence-electron chi connectivity index (χ1n) is 9.23. The molecule has 1 heterocycles. The van der Waals surface area contributed by atoms with Gasteiger partial charge in [-0.3, -0.25) is 9.59 Å². The van der Waals surface area contributed by atoms with Crippen LogP contribution in [-0.4, -0.2) is 24.0 Å². The number of anilines is 1. The largest absolute Gasteiger partial charge is 0.503 e. The van der Waals surface area contributed by atoms with E-state index in [2.05, 4.69) is 15.9 Å².